The van der Waals surface area contributed by atoms with Crippen LogP contribution in [0.5, 0.6) is 0 Å². The van der Waals surface area contributed by atoms with Gasteiger partial charge in [0.1, 0.15) is 0 Å². The van der Waals surface area contributed by atoms with E-state index in [0.717, 1.165) is 32.9 Å². The van der Waals surface area contributed by atoms with E-state index in [4.69, 9.17) is 16.3 Å². The molecule has 4 rings (SSSR count). The third-order valence-corrected chi connectivity index (χ3v) is 5.19. The number of nitrogens with zero attached hydrogens (tertiary/aromatic N) is 1. The zero-order valence-electron chi connectivity index (χ0n) is 15.3. The number of aromatic nitrogens is 1. The molecule has 0 unspecified atom stereocenters. The van der Waals surface area contributed by atoms with Crippen molar-refractivity contribution in [2.75, 3.05) is 6.61 Å². The van der Waals surface area contributed by atoms with Gasteiger partial charge in [-0.05, 0) is 36.9 Å². The summed E-state index contributed by atoms with van der Waals surface area (Å²) < 4.78 is 7.54. The smallest absolute Gasteiger partial charge is 0.340 e. The van der Waals surface area contributed by atoms with Gasteiger partial charge in [0.05, 0.1) is 17.7 Å². The van der Waals surface area contributed by atoms with E-state index in [1.807, 2.05) is 56.3 Å². The summed E-state index contributed by atoms with van der Waals surface area (Å²) in [5.41, 5.74) is 3.74. The average Bonchev–Trinajstić information content (AvgIpc) is 2.96. The maximum absolute atomic E-state index is 12.7. The lowest BCUT2D eigenvalue weighted by Gasteiger charge is -2.11. The Morgan fingerprint density at radius 2 is 1.74 bits per heavy atom. The summed E-state index contributed by atoms with van der Waals surface area (Å²) in [4.78, 5) is 12.7. The molecule has 0 bridgehead atoms. The van der Waals surface area contributed by atoms with Gasteiger partial charge >= 0.3 is 5.97 Å². The van der Waals surface area contributed by atoms with Crippen LogP contribution in [0.15, 0.2) is 60.7 Å². The number of hydrogen-bond acceptors (Lipinski definition) is 2. The molecule has 3 aromatic carbocycles. The zero-order valence-corrected chi connectivity index (χ0v) is 16.1. The molecule has 0 fully saturated rings. The number of hydrogen-bond donors (Lipinski definition) is 0. The molecule has 0 spiro atoms. The highest BCUT2D eigenvalue weighted by Crippen LogP contribution is 2.33. The van der Waals surface area contributed by atoms with Crippen molar-refractivity contribution in [2.24, 2.45) is 0 Å². The molecule has 0 atom stereocenters. The first-order valence-corrected chi connectivity index (χ1v) is 9.40. The topological polar surface area (TPSA) is 31.2 Å². The number of carbonyl (C=O) groups excluding carboxylic acids is 1. The molecule has 1 heterocycles. The van der Waals surface area contributed by atoms with Gasteiger partial charge < -0.3 is 9.30 Å². The van der Waals surface area contributed by atoms with Gasteiger partial charge in [0, 0.05) is 28.0 Å². The quantitative estimate of drug-likeness (QED) is 0.409. The predicted molar refractivity (Wildman–Crippen MR) is 111 cm³/mol. The van der Waals surface area contributed by atoms with E-state index in [9.17, 15) is 4.79 Å². The summed E-state index contributed by atoms with van der Waals surface area (Å²) in [5, 5.41) is 3.92. The van der Waals surface area contributed by atoms with Gasteiger partial charge in [-0.15, -0.1) is 0 Å². The molecule has 0 N–H and O–H groups in total. The van der Waals surface area contributed by atoms with Crippen LogP contribution in [-0.4, -0.2) is 17.1 Å². The second kappa shape index (κ2) is 7.09. The lowest BCUT2D eigenvalue weighted by atomic mass is 10.0. The summed E-state index contributed by atoms with van der Waals surface area (Å²) >= 11 is 6.03. The number of fused-ring (bicyclic) bond motifs is 3. The Morgan fingerprint density at radius 1 is 1.00 bits per heavy atom. The minimum atomic E-state index is -0.273. The van der Waals surface area contributed by atoms with E-state index in [1.54, 1.807) is 0 Å². The molecule has 4 aromatic rings. The Balaban J connectivity index is 2.00. The zero-order chi connectivity index (χ0) is 19.0. The third-order valence-electron chi connectivity index (χ3n) is 4.94. The number of rotatable bonds is 4. The van der Waals surface area contributed by atoms with Crippen LogP contribution in [0.4, 0.5) is 0 Å². The molecule has 1 aromatic heterocycles. The van der Waals surface area contributed by atoms with Crippen LogP contribution < -0.4 is 0 Å². The van der Waals surface area contributed by atoms with Crippen LogP contribution in [0.2, 0.25) is 5.02 Å². The molecular weight excluding hydrogens is 358 g/mol. The number of carbonyl (C=O) groups is 1. The normalized spacial score (nSPS) is 11.2. The van der Waals surface area contributed by atoms with Gasteiger partial charge in [-0.1, -0.05) is 60.1 Å². The van der Waals surface area contributed by atoms with E-state index in [1.165, 1.54) is 0 Å². The van der Waals surface area contributed by atoms with Crippen molar-refractivity contribution < 1.29 is 9.53 Å². The molecular formula is C23H20ClNO2. The Labute approximate surface area is 163 Å². The predicted octanol–water partition coefficient (Wildman–Crippen LogP) is 5.98. The van der Waals surface area contributed by atoms with Gasteiger partial charge in [-0.3, -0.25) is 0 Å². The van der Waals surface area contributed by atoms with Crippen molar-refractivity contribution in [3.63, 3.8) is 0 Å². The fourth-order valence-electron chi connectivity index (χ4n) is 3.68. The van der Waals surface area contributed by atoms with Crippen LogP contribution in [0.3, 0.4) is 0 Å². The second-order valence-electron chi connectivity index (χ2n) is 6.58. The summed E-state index contributed by atoms with van der Waals surface area (Å²) in [5.74, 6) is -0.273. The molecule has 0 saturated heterocycles. The first-order chi connectivity index (χ1) is 13.1. The number of ether oxygens (including phenoxy) is 1. The summed E-state index contributed by atoms with van der Waals surface area (Å²) in [6, 6.07) is 20.1. The molecule has 0 radical (unpaired) electrons. The number of halogens is 1. The van der Waals surface area contributed by atoms with Gasteiger partial charge in [0.25, 0.3) is 0 Å². The largest absolute Gasteiger partial charge is 0.462 e. The van der Waals surface area contributed by atoms with E-state index in [-0.39, 0.29) is 5.97 Å². The minimum absolute atomic E-state index is 0.273. The molecule has 0 aliphatic rings. The molecule has 136 valence electrons. The van der Waals surface area contributed by atoms with Crippen molar-refractivity contribution in [3.8, 4) is 0 Å². The van der Waals surface area contributed by atoms with Crippen molar-refractivity contribution in [2.45, 2.75) is 20.4 Å². The molecule has 4 heteroatoms. The van der Waals surface area contributed by atoms with E-state index in [2.05, 4.69) is 22.8 Å². The van der Waals surface area contributed by atoms with Crippen molar-refractivity contribution in [3.05, 3.63) is 82.5 Å². The van der Waals surface area contributed by atoms with E-state index >= 15 is 0 Å². The maximum atomic E-state index is 12.7. The summed E-state index contributed by atoms with van der Waals surface area (Å²) in [7, 11) is 0. The lowest BCUT2D eigenvalue weighted by molar-refractivity contribution is 0.0527. The van der Waals surface area contributed by atoms with Gasteiger partial charge in [0.2, 0.25) is 0 Å². The highest BCUT2D eigenvalue weighted by atomic mass is 35.5. The first-order valence-electron chi connectivity index (χ1n) is 9.02. The van der Waals surface area contributed by atoms with Crippen LogP contribution in [0.25, 0.3) is 21.7 Å². The maximum Gasteiger partial charge on any atom is 0.340 e. The number of benzene rings is 3. The molecule has 0 amide bonds. The fraction of sp³-hybridized carbons (Fsp3) is 0.174. The van der Waals surface area contributed by atoms with Crippen LogP contribution in [0, 0.1) is 6.92 Å². The Hall–Kier alpha value is -2.78. The highest BCUT2D eigenvalue weighted by Gasteiger charge is 2.22. The Morgan fingerprint density at radius 3 is 2.48 bits per heavy atom. The van der Waals surface area contributed by atoms with Crippen molar-refractivity contribution in [1.82, 2.24) is 4.57 Å². The van der Waals surface area contributed by atoms with Crippen LogP contribution in [0.1, 0.15) is 28.5 Å². The van der Waals surface area contributed by atoms with Crippen molar-refractivity contribution >= 4 is 39.2 Å². The number of esters is 1. The Bertz CT molecular complexity index is 1140. The molecule has 0 aliphatic heterocycles. The molecule has 27 heavy (non-hydrogen) atoms. The fourth-order valence-corrected chi connectivity index (χ4v) is 3.80. The van der Waals surface area contributed by atoms with E-state index < -0.39 is 0 Å². The molecule has 3 nitrogen and oxygen atoms in total. The second-order valence-corrected chi connectivity index (χ2v) is 7.01. The van der Waals surface area contributed by atoms with Gasteiger partial charge in [-0.2, -0.15) is 0 Å². The molecule has 0 saturated carbocycles. The molecule has 0 aliphatic carbocycles. The minimum Gasteiger partial charge on any atom is -0.462 e. The highest BCUT2D eigenvalue weighted by molar-refractivity contribution is 6.30. The average molecular weight is 378 g/mol. The van der Waals surface area contributed by atoms with E-state index in [0.29, 0.717) is 23.7 Å². The first kappa shape index (κ1) is 17.6. The van der Waals surface area contributed by atoms with Crippen LogP contribution in [-0.2, 0) is 11.3 Å². The van der Waals surface area contributed by atoms with Gasteiger partial charge in [0.15, 0.2) is 0 Å². The monoisotopic (exact) mass is 377 g/mol. The van der Waals surface area contributed by atoms with Crippen molar-refractivity contribution in [1.29, 1.82) is 0 Å². The lowest BCUT2D eigenvalue weighted by Crippen LogP contribution is -2.08. The van der Waals surface area contributed by atoms with Crippen LogP contribution >= 0.6 is 11.6 Å². The third kappa shape index (κ3) is 3.08. The standard InChI is InChI=1S/C23H20ClNO2/c1-3-27-23(26)21-15(2)25(14-16-8-11-18(24)12-9-16)22-19-7-5-4-6-17(19)10-13-20(21)22/h4-13H,3,14H2,1-2H3. The summed E-state index contributed by atoms with van der Waals surface area (Å²) in [6.45, 7) is 4.83. The summed E-state index contributed by atoms with van der Waals surface area (Å²) in [6.07, 6.45) is 0. The van der Waals surface area contributed by atoms with Gasteiger partial charge in [-0.25, -0.2) is 4.79 Å². The SMILES string of the molecule is CCOC(=O)c1c(C)n(Cc2ccc(Cl)cc2)c2c1ccc1ccccc12. The Kier molecular flexibility index (Phi) is 4.63.